The van der Waals surface area contributed by atoms with Gasteiger partial charge in [-0.3, -0.25) is 14.5 Å². The van der Waals surface area contributed by atoms with Crippen LogP contribution in [0, 0.1) is 0 Å². The number of para-hydroxylation sites is 1. The van der Waals surface area contributed by atoms with Crippen molar-refractivity contribution in [1.82, 2.24) is 0 Å². The van der Waals surface area contributed by atoms with Gasteiger partial charge in [-0.15, -0.1) is 0 Å². The number of fused-ring (bicyclic) bond motifs is 3. The number of rotatable bonds is 4. The molecule has 2 aromatic carbocycles. The Bertz CT molecular complexity index is 982. The topological polar surface area (TPSA) is 75.7 Å². The predicted octanol–water partition coefficient (Wildman–Crippen LogP) is 3.84. The molecule has 2 heterocycles. The molecule has 2 aliphatic rings. The van der Waals surface area contributed by atoms with E-state index in [1.807, 2.05) is 24.3 Å². The van der Waals surface area contributed by atoms with E-state index in [2.05, 4.69) is 5.32 Å². The molecular formula is C20H17ClN2O4S. The van der Waals surface area contributed by atoms with E-state index in [1.165, 1.54) is 23.6 Å². The van der Waals surface area contributed by atoms with Gasteiger partial charge < -0.3 is 10.1 Å². The van der Waals surface area contributed by atoms with Crippen LogP contribution in [0.25, 0.3) is 0 Å². The third-order valence-electron chi connectivity index (χ3n) is 4.74. The maximum atomic E-state index is 13.0. The molecule has 0 aliphatic carbocycles. The molecule has 0 radical (unpaired) electrons. The highest BCUT2D eigenvalue weighted by Gasteiger charge is 2.58. The third kappa shape index (κ3) is 3.14. The number of benzene rings is 2. The van der Waals surface area contributed by atoms with Crippen molar-refractivity contribution in [3.63, 3.8) is 0 Å². The first-order chi connectivity index (χ1) is 13.4. The van der Waals surface area contributed by atoms with Gasteiger partial charge in [-0.05, 0) is 37.3 Å². The first-order valence-electron chi connectivity index (χ1n) is 8.79. The van der Waals surface area contributed by atoms with Gasteiger partial charge in [-0.25, -0.2) is 4.79 Å². The zero-order valence-corrected chi connectivity index (χ0v) is 16.5. The number of amides is 2. The van der Waals surface area contributed by atoms with Crippen LogP contribution < -0.4 is 10.2 Å². The summed E-state index contributed by atoms with van der Waals surface area (Å²) in [5.74, 6) is -1.18. The minimum absolute atomic E-state index is 0.120. The molecule has 8 heteroatoms. The molecule has 144 valence electrons. The lowest BCUT2D eigenvalue weighted by molar-refractivity contribution is -0.155. The van der Waals surface area contributed by atoms with Crippen molar-refractivity contribution >= 4 is 52.5 Å². The monoisotopic (exact) mass is 416 g/mol. The van der Waals surface area contributed by atoms with E-state index < -0.39 is 22.9 Å². The smallest absolute Gasteiger partial charge is 0.344 e. The summed E-state index contributed by atoms with van der Waals surface area (Å²) in [5, 5.41) is 3.16. The summed E-state index contributed by atoms with van der Waals surface area (Å²) in [7, 11) is 0. The number of thioether (sulfide) groups is 1. The highest BCUT2D eigenvalue weighted by atomic mass is 35.5. The van der Waals surface area contributed by atoms with Gasteiger partial charge in [0, 0.05) is 28.4 Å². The van der Waals surface area contributed by atoms with Crippen molar-refractivity contribution in [3.8, 4) is 0 Å². The molecule has 1 saturated heterocycles. The van der Waals surface area contributed by atoms with Gasteiger partial charge in [0.25, 0.3) is 5.91 Å². The lowest BCUT2D eigenvalue weighted by atomic mass is 10.2. The summed E-state index contributed by atoms with van der Waals surface area (Å²) in [4.78, 5) is 39.1. The van der Waals surface area contributed by atoms with Crippen molar-refractivity contribution in [2.75, 3.05) is 10.2 Å². The Morgan fingerprint density at radius 1 is 1.25 bits per heavy atom. The van der Waals surface area contributed by atoms with Gasteiger partial charge in [0.2, 0.25) is 5.91 Å². The molecule has 6 nitrogen and oxygen atoms in total. The average molecular weight is 417 g/mol. The normalized spacial score (nSPS) is 21.1. The number of anilines is 2. The van der Waals surface area contributed by atoms with Crippen LogP contribution in [0.15, 0.2) is 53.4 Å². The van der Waals surface area contributed by atoms with E-state index >= 15 is 0 Å². The number of carbonyl (C=O) groups excluding carboxylic acids is 3. The molecule has 0 aromatic heterocycles. The maximum Gasteiger partial charge on any atom is 0.344 e. The van der Waals surface area contributed by atoms with Crippen LogP contribution >= 0.6 is 23.4 Å². The molecule has 0 saturated carbocycles. The van der Waals surface area contributed by atoms with Gasteiger partial charge in [0.15, 0.2) is 11.0 Å². The summed E-state index contributed by atoms with van der Waals surface area (Å²) in [6, 6.07) is 14.1. The Balaban J connectivity index is 1.50. The molecule has 2 amide bonds. The van der Waals surface area contributed by atoms with Crippen LogP contribution in [-0.4, -0.2) is 28.8 Å². The Hall–Kier alpha value is -2.51. The SMILES string of the molecule is C[C@H](OC(=O)[C@]12CCC(=O)N1c1ccccc1S2)C(=O)Nc1cccc(Cl)c1. The number of nitrogens with zero attached hydrogens (tertiary/aromatic N) is 1. The summed E-state index contributed by atoms with van der Waals surface area (Å²) < 4.78 is 5.48. The molecule has 0 unspecified atom stereocenters. The third-order valence-corrected chi connectivity index (χ3v) is 6.43. The lowest BCUT2D eigenvalue weighted by Crippen LogP contribution is -2.49. The van der Waals surface area contributed by atoms with E-state index in [4.69, 9.17) is 16.3 Å². The molecule has 2 aliphatic heterocycles. The number of esters is 1. The highest BCUT2D eigenvalue weighted by Crippen LogP contribution is 2.56. The fraction of sp³-hybridized carbons (Fsp3) is 0.250. The van der Waals surface area contributed by atoms with E-state index in [-0.39, 0.29) is 12.3 Å². The van der Waals surface area contributed by atoms with E-state index in [1.54, 1.807) is 24.3 Å². The minimum atomic E-state index is -1.15. The Morgan fingerprint density at radius 2 is 2.04 bits per heavy atom. The Labute approximate surface area is 171 Å². The van der Waals surface area contributed by atoms with E-state index in [0.717, 1.165) is 4.90 Å². The summed E-state index contributed by atoms with van der Waals surface area (Å²) >= 11 is 7.23. The lowest BCUT2D eigenvalue weighted by Gasteiger charge is -2.29. The largest absolute Gasteiger partial charge is 0.450 e. The van der Waals surface area contributed by atoms with Crippen molar-refractivity contribution in [2.45, 2.75) is 35.6 Å². The zero-order chi connectivity index (χ0) is 19.9. The van der Waals surface area contributed by atoms with Crippen LogP contribution in [0.1, 0.15) is 19.8 Å². The Morgan fingerprint density at radius 3 is 2.82 bits per heavy atom. The number of hydrogen-bond acceptors (Lipinski definition) is 5. The number of carbonyl (C=O) groups is 3. The van der Waals surface area contributed by atoms with Crippen molar-refractivity contribution < 1.29 is 19.1 Å². The first-order valence-corrected chi connectivity index (χ1v) is 9.99. The molecule has 0 spiro atoms. The fourth-order valence-electron chi connectivity index (χ4n) is 3.39. The number of hydrogen-bond donors (Lipinski definition) is 1. The second-order valence-electron chi connectivity index (χ2n) is 6.63. The summed E-state index contributed by atoms with van der Waals surface area (Å²) in [5.41, 5.74) is 1.22. The van der Waals surface area contributed by atoms with Gasteiger partial charge in [-0.1, -0.05) is 41.6 Å². The number of ether oxygens (including phenoxy) is 1. The van der Waals surface area contributed by atoms with Crippen molar-refractivity contribution in [3.05, 3.63) is 53.6 Å². The van der Waals surface area contributed by atoms with Crippen LogP contribution in [0.4, 0.5) is 11.4 Å². The zero-order valence-electron chi connectivity index (χ0n) is 15.0. The van der Waals surface area contributed by atoms with Crippen LogP contribution in [0.3, 0.4) is 0 Å². The quantitative estimate of drug-likeness (QED) is 0.766. The van der Waals surface area contributed by atoms with Crippen LogP contribution in [0.2, 0.25) is 5.02 Å². The summed E-state index contributed by atoms with van der Waals surface area (Å²) in [6.07, 6.45) is -0.422. The number of nitrogens with one attached hydrogen (secondary N) is 1. The standard InChI is InChI=1S/C20H17ClN2O4S/c1-12(18(25)22-14-6-4-5-13(21)11-14)27-19(26)20-10-9-17(24)23(20)15-7-2-3-8-16(15)28-20/h2-8,11-12H,9-10H2,1H3,(H,22,25)/t12-,20+/m0/s1. The molecule has 0 bridgehead atoms. The molecule has 2 aromatic rings. The van der Waals surface area contributed by atoms with Crippen molar-refractivity contribution in [2.24, 2.45) is 0 Å². The second-order valence-corrected chi connectivity index (χ2v) is 8.39. The number of halogens is 1. The Kier molecular flexibility index (Phi) is 4.81. The van der Waals surface area contributed by atoms with Gasteiger partial charge >= 0.3 is 5.97 Å². The molecule has 4 rings (SSSR count). The van der Waals surface area contributed by atoms with E-state index in [9.17, 15) is 14.4 Å². The molecule has 1 N–H and O–H groups in total. The van der Waals surface area contributed by atoms with E-state index in [0.29, 0.717) is 22.8 Å². The van der Waals surface area contributed by atoms with Crippen LogP contribution in [-0.2, 0) is 19.1 Å². The van der Waals surface area contributed by atoms with Gasteiger partial charge in [0.05, 0.1) is 5.69 Å². The molecule has 1 fully saturated rings. The molecular weight excluding hydrogens is 400 g/mol. The maximum absolute atomic E-state index is 13.0. The highest BCUT2D eigenvalue weighted by molar-refractivity contribution is 8.02. The minimum Gasteiger partial charge on any atom is -0.450 e. The van der Waals surface area contributed by atoms with Crippen molar-refractivity contribution in [1.29, 1.82) is 0 Å². The van der Waals surface area contributed by atoms with Gasteiger partial charge in [0.1, 0.15) is 0 Å². The molecule has 28 heavy (non-hydrogen) atoms. The molecule has 2 atom stereocenters. The second kappa shape index (κ2) is 7.14. The average Bonchev–Trinajstić information content (AvgIpc) is 3.17. The first kappa shape index (κ1) is 18.8. The predicted molar refractivity (Wildman–Crippen MR) is 107 cm³/mol. The van der Waals surface area contributed by atoms with Crippen LogP contribution in [0.5, 0.6) is 0 Å². The fourth-order valence-corrected chi connectivity index (χ4v) is 4.98. The summed E-state index contributed by atoms with van der Waals surface area (Å²) in [6.45, 7) is 1.50. The van der Waals surface area contributed by atoms with Gasteiger partial charge in [-0.2, -0.15) is 0 Å².